The molecule has 148 valence electrons. The number of nitrogens with one attached hydrogen (secondary N) is 2. The minimum atomic E-state index is 0. The summed E-state index contributed by atoms with van der Waals surface area (Å²) in [6.45, 7) is 8.82. The number of nitrogens with zero attached hydrogens (tertiary/aromatic N) is 3. The number of guanidine groups is 1. The number of benzene rings is 1. The van der Waals surface area contributed by atoms with E-state index in [2.05, 4.69) is 32.4 Å². The van der Waals surface area contributed by atoms with Crippen LogP contribution < -0.4 is 10.6 Å². The zero-order chi connectivity index (χ0) is 18.0. The molecule has 7 nitrogen and oxygen atoms in total. The minimum absolute atomic E-state index is 0. The normalized spacial score (nSPS) is 15.2. The van der Waals surface area contributed by atoms with Crippen molar-refractivity contribution in [1.82, 2.24) is 20.5 Å². The third-order valence-corrected chi connectivity index (χ3v) is 4.14. The zero-order valence-corrected chi connectivity index (χ0v) is 18.0. The summed E-state index contributed by atoms with van der Waals surface area (Å²) in [7, 11) is 0. The van der Waals surface area contributed by atoms with Crippen molar-refractivity contribution in [2.75, 3.05) is 45.9 Å². The lowest BCUT2D eigenvalue weighted by molar-refractivity contribution is 0.0389. The number of oxazole rings is 1. The molecule has 0 atom stereocenters. The molecule has 0 unspecified atom stereocenters. The molecule has 2 aromatic rings. The van der Waals surface area contributed by atoms with Gasteiger partial charge in [-0.15, -0.1) is 24.0 Å². The molecular formula is C19H28IN5O2. The maximum Gasteiger partial charge on any atom is 0.226 e. The van der Waals surface area contributed by atoms with E-state index in [1.165, 1.54) is 0 Å². The van der Waals surface area contributed by atoms with Gasteiger partial charge in [0.2, 0.25) is 5.89 Å². The second-order valence-corrected chi connectivity index (χ2v) is 6.09. The first kappa shape index (κ1) is 21.6. The van der Waals surface area contributed by atoms with Crippen molar-refractivity contribution in [2.45, 2.75) is 13.5 Å². The Balaban J connectivity index is 0.00000261. The van der Waals surface area contributed by atoms with Crippen LogP contribution in [0.15, 0.2) is 46.0 Å². The van der Waals surface area contributed by atoms with Gasteiger partial charge < -0.3 is 19.8 Å². The van der Waals surface area contributed by atoms with E-state index in [1.807, 2.05) is 30.3 Å². The van der Waals surface area contributed by atoms with E-state index in [4.69, 9.17) is 9.15 Å². The van der Waals surface area contributed by atoms with Gasteiger partial charge in [0.25, 0.3) is 0 Å². The first-order chi connectivity index (χ1) is 12.8. The van der Waals surface area contributed by atoms with E-state index in [0.29, 0.717) is 12.4 Å². The number of halogens is 1. The van der Waals surface area contributed by atoms with Crippen LogP contribution in [0.5, 0.6) is 0 Å². The van der Waals surface area contributed by atoms with Crippen molar-refractivity contribution in [3.63, 3.8) is 0 Å². The quantitative estimate of drug-likeness (QED) is 0.357. The van der Waals surface area contributed by atoms with E-state index in [-0.39, 0.29) is 24.0 Å². The Morgan fingerprint density at radius 3 is 2.70 bits per heavy atom. The van der Waals surface area contributed by atoms with Crippen molar-refractivity contribution in [3.8, 4) is 11.5 Å². The van der Waals surface area contributed by atoms with Crippen molar-refractivity contribution >= 4 is 29.9 Å². The average molecular weight is 485 g/mol. The Hall–Kier alpha value is -1.65. The SMILES string of the molecule is CCNC(=NCc1coc(-c2ccccc2)n1)NCCN1CCOCC1.I. The fourth-order valence-electron chi connectivity index (χ4n) is 2.75. The molecule has 0 bridgehead atoms. The third-order valence-electron chi connectivity index (χ3n) is 4.14. The van der Waals surface area contributed by atoms with Gasteiger partial charge in [0.15, 0.2) is 5.96 Å². The van der Waals surface area contributed by atoms with Crippen molar-refractivity contribution in [1.29, 1.82) is 0 Å². The maximum absolute atomic E-state index is 5.56. The summed E-state index contributed by atoms with van der Waals surface area (Å²) in [6, 6.07) is 9.88. The third kappa shape index (κ3) is 7.11. The van der Waals surface area contributed by atoms with Crippen LogP contribution in [0.1, 0.15) is 12.6 Å². The Morgan fingerprint density at radius 1 is 1.19 bits per heavy atom. The summed E-state index contributed by atoms with van der Waals surface area (Å²) in [6.07, 6.45) is 1.67. The second kappa shape index (κ2) is 11.9. The fourth-order valence-corrected chi connectivity index (χ4v) is 2.75. The van der Waals surface area contributed by atoms with Gasteiger partial charge in [-0.2, -0.15) is 0 Å². The van der Waals surface area contributed by atoms with E-state index >= 15 is 0 Å². The van der Waals surface area contributed by atoms with E-state index in [9.17, 15) is 0 Å². The standard InChI is InChI=1S/C19H27N5O2.HI/c1-2-20-19(21-8-9-24-10-12-25-13-11-24)22-14-17-15-26-18(23-17)16-6-4-3-5-7-16;/h3-7,15H,2,8-14H2,1H3,(H2,20,21,22);1H. The van der Waals surface area contributed by atoms with Gasteiger partial charge in [0.1, 0.15) is 12.0 Å². The molecule has 0 saturated carbocycles. The Bertz CT molecular complexity index is 686. The van der Waals surface area contributed by atoms with Crippen molar-refractivity contribution in [2.24, 2.45) is 4.99 Å². The lowest BCUT2D eigenvalue weighted by Gasteiger charge is -2.26. The first-order valence-corrected chi connectivity index (χ1v) is 9.17. The number of morpholine rings is 1. The van der Waals surface area contributed by atoms with Crippen LogP contribution in [0.3, 0.4) is 0 Å². The van der Waals surface area contributed by atoms with Crippen LogP contribution in [0.2, 0.25) is 0 Å². The van der Waals surface area contributed by atoms with Gasteiger partial charge in [-0.25, -0.2) is 9.98 Å². The van der Waals surface area contributed by atoms with Crippen molar-refractivity contribution < 1.29 is 9.15 Å². The van der Waals surface area contributed by atoms with E-state index in [1.54, 1.807) is 6.26 Å². The number of aliphatic imine (C=N–C) groups is 1. The molecule has 0 aliphatic carbocycles. The molecule has 0 amide bonds. The molecule has 0 spiro atoms. The number of hydrogen-bond donors (Lipinski definition) is 2. The topological polar surface area (TPSA) is 74.9 Å². The van der Waals surface area contributed by atoms with Crippen LogP contribution in [-0.4, -0.2) is 61.8 Å². The Morgan fingerprint density at radius 2 is 1.96 bits per heavy atom. The molecule has 1 saturated heterocycles. The summed E-state index contributed by atoms with van der Waals surface area (Å²) in [5.74, 6) is 1.42. The van der Waals surface area contributed by atoms with Gasteiger partial charge in [0, 0.05) is 38.3 Å². The highest BCUT2D eigenvalue weighted by atomic mass is 127. The van der Waals surface area contributed by atoms with Crippen LogP contribution in [0.25, 0.3) is 11.5 Å². The highest BCUT2D eigenvalue weighted by Crippen LogP contribution is 2.18. The van der Waals surface area contributed by atoms with Gasteiger partial charge in [-0.1, -0.05) is 18.2 Å². The molecule has 1 aromatic heterocycles. The number of hydrogen-bond acceptors (Lipinski definition) is 5. The predicted octanol–water partition coefficient (Wildman–Crippen LogP) is 2.35. The monoisotopic (exact) mass is 485 g/mol. The van der Waals surface area contributed by atoms with Crippen LogP contribution in [-0.2, 0) is 11.3 Å². The lowest BCUT2D eigenvalue weighted by Crippen LogP contribution is -2.44. The highest BCUT2D eigenvalue weighted by Gasteiger charge is 2.10. The first-order valence-electron chi connectivity index (χ1n) is 9.17. The van der Waals surface area contributed by atoms with Crippen LogP contribution in [0.4, 0.5) is 0 Å². The van der Waals surface area contributed by atoms with Crippen molar-refractivity contribution in [3.05, 3.63) is 42.3 Å². The smallest absolute Gasteiger partial charge is 0.226 e. The lowest BCUT2D eigenvalue weighted by atomic mass is 10.2. The Kier molecular flexibility index (Phi) is 9.57. The fraction of sp³-hybridized carbons (Fsp3) is 0.474. The zero-order valence-electron chi connectivity index (χ0n) is 15.7. The van der Waals surface area contributed by atoms with Gasteiger partial charge >= 0.3 is 0 Å². The number of ether oxygens (including phenoxy) is 1. The van der Waals surface area contributed by atoms with Gasteiger partial charge in [0.05, 0.1) is 19.8 Å². The molecule has 3 rings (SSSR count). The molecule has 2 N–H and O–H groups in total. The van der Waals surface area contributed by atoms with E-state index < -0.39 is 0 Å². The second-order valence-electron chi connectivity index (χ2n) is 6.09. The van der Waals surface area contributed by atoms with Crippen LogP contribution in [0, 0.1) is 0 Å². The van der Waals surface area contributed by atoms with E-state index in [0.717, 1.165) is 63.2 Å². The molecule has 1 aromatic carbocycles. The molecule has 1 aliphatic rings. The minimum Gasteiger partial charge on any atom is -0.444 e. The average Bonchev–Trinajstić information content (AvgIpc) is 3.17. The van der Waals surface area contributed by atoms with Crippen LogP contribution >= 0.6 is 24.0 Å². The van der Waals surface area contributed by atoms with Gasteiger partial charge in [-0.05, 0) is 19.1 Å². The summed E-state index contributed by atoms with van der Waals surface area (Å²) in [4.78, 5) is 11.5. The predicted molar refractivity (Wildman–Crippen MR) is 117 cm³/mol. The highest BCUT2D eigenvalue weighted by molar-refractivity contribution is 14.0. The molecule has 0 radical (unpaired) electrons. The van der Waals surface area contributed by atoms with Gasteiger partial charge in [-0.3, -0.25) is 4.90 Å². The summed E-state index contributed by atoms with van der Waals surface area (Å²) < 4.78 is 10.9. The number of aromatic nitrogens is 1. The molecule has 2 heterocycles. The molecule has 1 fully saturated rings. The number of rotatable bonds is 7. The Labute approximate surface area is 177 Å². The molecule has 1 aliphatic heterocycles. The molecular weight excluding hydrogens is 457 g/mol. The molecule has 27 heavy (non-hydrogen) atoms. The summed E-state index contributed by atoms with van der Waals surface area (Å²) >= 11 is 0. The maximum atomic E-state index is 5.56. The molecule has 8 heteroatoms. The summed E-state index contributed by atoms with van der Waals surface area (Å²) in [5.41, 5.74) is 1.78. The largest absolute Gasteiger partial charge is 0.444 e. The summed E-state index contributed by atoms with van der Waals surface area (Å²) in [5, 5.41) is 6.64.